The number of carbonyl (C=O) groups is 2. The van der Waals surface area contributed by atoms with Crippen LogP contribution in [0.4, 0.5) is 5.69 Å². The van der Waals surface area contributed by atoms with Gasteiger partial charge in [0.05, 0.1) is 13.7 Å². The summed E-state index contributed by atoms with van der Waals surface area (Å²) in [6.45, 7) is 2.08. The molecule has 0 N–H and O–H groups in total. The van der Waals surface area contributed by atoms with Crippen molar-refractivity contribution >= 4 is 17.6 Å². The Bertz CT molecular complexity index is 469. The van der Waals surface area contributed by atoms with Gasteiger partial charge in [-0.2, -0.15) is 0 Å². The van der Waals surface area contributed by atoms with Crippen molar-refractivity contribution in [3.05, 3.63) is 24.3 Å². The predicted octanol–water partition coefficient (Wildman–Crippen LogP) is 1.75. The van der Waals surface area contributed by atoms with Crippen LogP contribution in [-0.4, -0.2) is 31.6 Å². The normalized spacial score (nSPS) is 18.5. The molecular formula is C14H17NO4. The third-order valence-electron chi connectivity index (χ3n) is 3.12. The number of hydrogen-bond donors (Lipinski definition) is 0. The number of carbonyl (C=O) groups excluding carboxylic acids is 2. The molecule has 19 heavy (non-hydrogen) atoms. The fraction of sp³-hybridized carbons (Fsp3) is 0.429. The molecule has 0 aromatic heterocycles. The van der Waals surface area contributed by atoms with Crippen LogP contribution >= 0.6 is 0 Å². The molecule has 1 saturated heterocycles. The number of rotatable bonds is 4. The van der Waals surface area contributed by atoms with E-state index in [9.17, 15) is 9.59 Å². The number of nitrogens with zero attached hydrogens (tertiary/aromatic N) is 1. The molecule has 102 valence electrons. The second-order valence-corrected chi connectivity index (χ2v) is 4.27. The van der Waals surface area contributed by atoms with Crippen molar-refractivity contribution in [2.75, 3.05) is 18.6 Å². The first-order valence-electron chi connectivity index (χ1n) is 6.30. The molecule has 0 aliphatic carbocycles. The average molecular weight is 263 g/mol. The van der Waals surface area contributed by atoms with Gasteiger partial charge in [-0.15, -0.1) is 0 Å². The zero-order valence-electron chi connectivity index (χ0n) is 11.1. The van der Waals surface area contributed by atoms with Gasteiger partial charge in [0.2, 0.25) is 5.91 Å². The number of ether oxygens (including phenoxy) is 2. The van der Waals surface area contributed by atoms with Crippen molar-refractivity contribution in [3.8, 4) is 5.75 Å². The van der Waals surface area contributed by atoms with Crippen LogP contribution in [0.15, 0.2) is 24.3 Å². The zero-order valence-corrected chi connectivity index (χ0v) is 11.1. The molecule has 5 heteroatoms. The summed E-state index contributed by atoms with van der Waals surface area (Å²) in [6, 6.07) is 6.57. The molecular weight excluding hydrogens is 246 g/mol. The van der Waals surface area contributed by atoms with Gasteiger partial charge in [-0.1, -0.05) is 0 Å². The Hall–Kier alpha value is -2.04. The number of amides is 1. The van der Waals surface area contributed by atoms with Crippen molar-refractivity contribution in [1.29, 1.82) is 0 Å². The molecule has 0 saturated carbocycles. The van der Waals surface area contributed by atoms with E-state index < -0.39 is 6.04 Å². The highest BCUT2D eigenvalue weighted by atomic mass is 16.5. The Kier molecular flexibility index (Phi) is 4.04. The van der Waals surface area contributed by atoms with E-state index in [2.05, 4.69) is 0 Å². The van der Waals surface area contributed by atoms with Crippen LogP contribution in [-0.2, 0) is 14.3 Å². The molecule has 1 heterocycles. The quantitative estimate of drug-likeness (QED) is 0.777. The Labute approximate surface area is 112 Å². The summed E-state index contributed by atoms with van der Waals surface area (Å²) < 4.78 is 10.1. The number of esters is 1. The molecule has 0 spiro atoms. The second kappa shape index (κ2) is 5.73. The van der Waals surface area contributed by atoms with Crippen LogP contribution < -0.4 is 9.64 Å². The number of benzene rings is 1. The van der Waals surface area contributed by atoms with Crippen LogP contribution in [0.3, 0.4) is 0 Å². The Morgan fingerprint density at radius 2 is 2.05 bits per heavy atom. The summed E-state index contributed by atoms with van der Waals surface area (Å²) in [4.78, 5) is 25.3. The van der Waals surface area contributed by atoms with Gasteiger partial charge in [-0.25, -0.2) is 4.79 Å². The van der Waals surface area contributed by atoms with E-state index in [-0.39, 0.29) is 11.9 Å². The zero-order chi connectivity index (χ0) is 13.8. The highest BCUT2D eigenvalue weighted by molar-refractivity contribution is 6.02. The molecule has 0 radical (unpaired) electrons. The van der Waals surface area contributed by atoms with Gasteiger partial charge in [0.1, 0.15) is 11.8 Å². The summed E-state index contributed by atoms with van der Waals surface area (Å²) >= 11 is 0. The predicted molar refractivity (Wildman–Crippen MR) is 70.1 cm³/mol. The summed E-state index contributed by atoms with van der Waals surface area (Å²) in [5, 5.41) is 0. The van der Waals surface area contributed by atoms with E-state index in [4.69, 9.17) is 9.47 Å². The fourth-order valence-corrected chi connectivity index (χ4v) is 2.21. The van der Waals surface area contributed by atoms with Gasteiger partial charge >= 0.3 is 5.97 Å². The van der Waals surface area contributed by atoms with Crippen molar-refractivity contribution in [2.45, 2.75) is 25.8 Å². The van der Waals surface area contributed by atoms with Gasteiger partial charge in [0, 0.05) is 12.1 Å². The van der Waals surface area contributed by atoms with Crippen molar-refractivity contribution in [3.63, 3.8) is 0 Å². The minimum absolute atomic E-state index is 0.0526. The van der Waals surface area contributed by atoms with Gasteiger partial charge < -0.3 is 9.47 Å². The van der Waals surface area contributed by atoms with E-state index in [1.807, 2.05) is 0 Å². The number of methoxy groups -OCH3 is 1. The van der Waals surface area contributed by atoms with Crippen LogP contribution in [0.1, 0.15) is 19.8 Å². The molecule has 1 aliphatic heterocycles. The molecule has 5 nitrogen and oxygen atoms in total. The monoisotopic (exact) mass is 263 g/mol. The Balaban J connectivity index is 2.23. The summed E-state index contributed by atoms with van der Waals surface area (Å²) in [5.41, 5.74) is 0.696. The van der Waals surface area contributed by atoms with E-state index in [1.54, 1.807) is 38.3 Å². The molecule has 1 amide bonds. The van der Waals surface area contributed by atoms with E-state index >= 15 is 0 Å². The Morgan fingerprint density at radius 1 is 1.37 bits per heavy atom. The summed E-state index contributed by atoms with van der Waals surface area (Å²) in [6.07, 6.45) is 0.874. The molecule has 1 aromatic carbocycles. The topological polar surface area (TPSA) is 55.8 Å². The first kappa shape index (κ1) is 13.4. The lowest BCUT2D eigenvalue weighted by Gasteiger charge is -2.23. The largest absolute Gasteiger partial charge is 0.497 e. The summed E-state index contributed by atoms with van der Waals surface area (Å²) in [5.74, 6) is 0.315. The first-order chi connectivity index (χ1) is 9.17. The molecule has 2 rings (SSSR count). The van der Waals surface area contributed by atoms with Crippen LogP contribution in [0, 0.1) is 0 Å². The van der Waals surface area contributed by atoms with Gasteiger partial charge in [-0.3, -0.25) is 9.69 Å². The van der Waals surface area contributed by atoms with Crippen molar-refractivity contribution in [1.82, 2.24) is 0 Å². The number of anilines is 1. The lowest BCUT2D eigenvalue weighted by molar-refractivity contribution is -0.144. The van der Waals surface area contributed by atoms with E-state index in [0.29, 0.717) is 30.9 Å². The minimum Gasteiger partial charge on any atom is -0.497 e. The van der Waals surface area contributed by atoms with Gasteiger partial charge in [0.25, 0.3) is 0 Å². The van der Waals surface area contributed by atoms with Gasteiger partial charge in [0.15, 0.2) is 0 Å². The third kappa shape index (κ3) is 2.70. The lowest BCUT2D eigenvalue weighted by Crippen LogP contribution is -2.39. The van der Waals surface area contributed by atoms with E-state index in [1.165, 1.54) is 4.90 Å². The molecule has 1 unspecified atom stereocenters. The molecule has 1 aromatic rings. The highest BCUT2D eigenvalue weighted by Crippen LogP contribution is 2.28. The van der Waals surface area contributed by atoms with E-state index in [0.717, 1.165) is 0 Å². The maximum atomic E-state index is 11.9. The smallest absolute Gasteiger partial charge is 0.329 e. The van der Waals surface area contributed by atoms with Crippen LogP contribution in [0.2, 0.25) is 0 Å². The SMILES string of the molecule is CCOC(=O)C1CCC(=O)N1c1ccc(OC)cc1. The third-order valence-corrected chi connectivity index (χ3v) is 3.12. The average Bonchev–Trinajstić information content (AvgIpc) is 2.81. The first-order valence-corrected chi connectivity index (χ1v) is 6.30. The maximum Gasteiger partial charge on any atom is 0.329 e. The van der Waals surface area contributed by atoms with Gasteiger partial charge in [-0.05, 0) is 37.6 Å². The molecule has 1 atom stereocenters. The minimum atomic E-state index is -0.513. The standard InChI is InChI=1S/C14H17NO4/c1-3-19-14(17)12-8-9-13(16)15(12)10-4-6-11(18-2)7-5-10/h4-7,12H,3,8-9H2,1-2H3. The Morgan fingerprint density at radius 3 is 2.63 bits per heavy atom. The fourth-order valence-electron chi connectivity index (χ4n) is 2.21. The second-order valence-electron chi connectivity index (χ2n) is 4.27. The molecule has 0 bridgehead atoms. The van der Waals surface area contributed by atoms with Crippen molar-refractivity contribution < 1.29 is 19.1 Å². The lowest BCUT2D eigenvalue weighted by atomic mass is 10.2. The van der Waals surface area contributed by atoms with Crippen LogP contribution in [0.5, 0.6) is 5.75 Å². The maximum absolute atomic E-state index is 11.9. The van der Waals surface area contributed by atoms with Crippen LogP contribution in [0.25, 0.3) is 0 Å². The highest BCUT2D eigenvalue weighted by Gasteiger charge is 2.37. The molecule has 1 aliphatic rings. The molecule has 1 fully saturated rings. The van der Waals surface area contributed by atoms with Crippen molar-refractivity contribution in [2.24, 2.45) is 0 Å². The summed E-state index contributed by atoms with van der Waals surface area (Å²) in [7, 11) is 1.58. The number of hydrogen-bond acceptors (Lipinski definition) is 4.